The molecule has 0 fully saturated rings. The second-order valence-electron chi connectivity index (χ2n) is 4.83. The first-order valence-corrected chi connectivity index (χ1v) is 9.78. The molecule has 2 N–H and O–H groups in total. The third-order valence-electron chi connectivity index (χ3n) is 3.07. The number of amides is 1. The van der Waals surface area contributed by atoms with E-state index in [1.807, 2.05) is 12.1 Å². The maximum Gasteiger partial charge on any atom is 0.238 e. The number of nitrogens with zero attached hydrogens (tertiary/aromatic N) is 3. The molecule has 3 aromatic heterocycles. The minimum atomic E-state index is -0.362. The fourth-order valence-corrected chi connectivity index (χ4v) is 4.45. The van der Waals surface area contributed by atoms with Gasteiger partial charge < -0.3 is 15.1 Å². The van der Waals surface area contributed by atoms with Crippen molar-refractivity contribution in [1.82, 2.24) is 10.2 Å². The van der Waals surface area contributed by atoms with Crippen molar-refractivity contribution in [2.45, 2.75) is 23.1 Å². The molecule has 0 bridgehead atoms. The van der Waals surface area contributed by atoms with Gasteiger partial charge in [-0.1, -0.05) is 23.1 Å². The molecule has 0 saturated carbocycles. The Morgan fingerprint density at radius 3 is 3.12 bits per heavy atom. The summed E-state index contributed by atoms with van der Waals surface area (Å²) in [7, 11) is 0. The van der Waals surface area contributed by atoms with E-state index >= 15 is 0 Å². The number of nitriles is 1. The summed E-state index contributed by atoms with van der Waals surface area (Å²) in [5, 5.41) is 25.7. The number of carbonyl (C=O) groups excluding carboxylic acids is 1. The van der Waals surface area contributed by atoms with Crippen molar-refractivity contribution < 1.29 is 9.21 Å². The molecule has 0 aliphatic rings. The topological polar surface area (TPSA) is 104 Å². The van der Waals surface area contributed by atoms with Crippen LogP contribution in [0.25, 0.3) is 0 Å². The summed E-state index contributed by atoms with van der Waals surface area (Å²) in [6, 6.07) is 7.43. The molecular formula is C15H13N5O2S3. The van der Waals surface area contributed by atoms with Gasteiger partial charge in [0.25, 0.3) is 0 Å². The lowest BCUT2D eigenvalue weighted by Crippen LogP contribution is -2.22. The first kappa shape index (κ1) is 17.5. The summed E-state index contributed by atoms with van der Waals surface area (Å²) in [6.45, 7) is 2.31. The zero-order valence-electron chi connectivity index (χ0n) is 13.1. The van der Waals surface area contributed by atoms with Crippen LogP contribution in [0.3, 0.4) is 0 Å². The van der Waals surface area contributed by atoms with E-state index in [0.717, 1.165) is 5.76 Å². The molecule has 3 aromatic rings. The highest BCUT2D eigenvalue weighted by molar-refractivity contribution is 8.02. The predicted molar refractivity (Wildman–Crippen MR) is 98.9 cm³/mol. The average Bonchev–Trinajstić information content (AvgIpc) is 3.34. The van der Waals surface area contributed by atoms with E-state index in [9.17, 15) is 4.79 Å². The van der Waals surface area contributed by atoms with E-state index in [1.165, 1.54) is 34.4 Å². The molecule has 0 radical (unpaired) electrons. The first-order chi connectivity index (χ1) is 12.2. The average molecular weight is 392 g/mol. The van der Waals surface area contributed by atoms with Gasteiger partial charge in [-0.2, -0.15) is 5.26 Å². The van der Waals surface area contributed by atoms with Gasteiger partial charge in [0.2, 0.25) is 11.0 Å². The molecule has 0 aliphatic carbocycles. The predicted octanol–water partition coefficient (Wildman–Crippen LogP) is 3.80. The van der Waals surface area contributed by atoms with Gasteiger partial charge in [-0.25, -0.2) is 0 Å². The van der Waals surface area contributed by atoms with Crippen molar-refractivity contribution in [3.63, 3.8) is 0 Å². The number of nitrogens with one attached hydrogen (secondary N) is 2. The molecule has 3 heterocycles. The molecule has 7 nitrogen and oxygen atoms in total. The number of aromatic nitrogens is 2. The molecule has 0 aliphatic heterocycles. The number of furan rings is 1. The number of thioether (sulfide) groups is 1. The van der Waals surface area contributed by atoms with Crippen molar-refractivity contribution >= 4 is 50.5 Å². The van der Waals surface area contributed by atoms with Gasteiger partial charge in [0.05, 0.1) is 23.6 Å². The minimum absolute atomic E-state index is 0.177. The fraction of sp³-hybridized carbons (Fsp3) is 0.200. The van der Waals surface area contributed by atoms with Crippen LogP contribution in [0.2, 0.25) is 0 Å². The van der Waals surface area contributed by atoms with Crippen molar-refractivity contribution in [3.8, 4) is 6.07 Å². The number of carbonyl (C=O) groups is 1. The summed E-state index contributed by atoms with van der Waals surface area (Å²) in [6.07, 6.45) is 1.62. The second-order valence-corrected chi connectivity index (χ2v) is 8.31. The molecule has 0 aromatic carbocycles. The lowest BCUT2D eigenvalue weighted by atomic mass is 10.3. The van der Waals surface area contributed by atoms with Crippen molar-refractivity contribution in [3.05, 3.63) is 41.2 Å². The summed E-state index contributed by atoms with van der Waals surface area (Å²) in [4.78, 5) is 12.3. The van der Waals surface area contributed by atoms with E-state index in [1.54, 1.807) is 24.6 Å². The number of anilines is 2. The zero-order chi connectivity index (χ0) is 17.6. The number of thiophene rings is 1. The Morgan fingerprint density at radius 1 is 1.48 bits per heavy atom. The molecule has 0 spiro atoms. The fourth-order valence-electron chi connectivity index (χ4n) is 1.82. The number of hydrogen-bond acceptors (Lipinski definition) is 9. The van der Waals surface area contributed by atoms with Crippen LogP contribution in [0.1, 0.15) is 18.2 Å². The molecule has 128 valence electrons. The van der Waals surface area contributed by atoms with Crippen LogP contribution in [0.15, 0.2) is 38.6 Å². The third-order valence-corrected chi connectivity index (χ3v) is 5.96. The van der Waals surface area contributed by atoms with Gasteiger partial charge in [0.1, 0.15) is 16.8 Å². The van der Waals surface area contributed by atoms with Gasteiger partial charge in [0.15, 0.2) is 4.34 Å². The van der Waals surface area contributed by atoms with E-state index in [4.69, 9.17) is 9.68 Å². The van der Waals surface area contributed by atoms with Gasteiger partial charge >= 0.3 is 0 Å². The maximum absolute atomic E-state index is 12.3. The first-order valence-electron chi connectivity index (χ1n) is 7.20. The van der Waals surface area contributed by atoms with E-state index < -0.39 is 0 Å². The highest BCUT2D eigenvalue weighted by Crippen LogP contribution is 2.30. The second kappa shape index (κ2) is 8.15. The van der Waals surface area contributed by atoms with Crippen molar-refractivity contribution in [2.24, 2.45) is 0 Å². The molecule has 1 amide bonds. The van der Waals surface area contributed by atoms with Crippen LogP contribution in [0, 0.1) is 11.3 Å². The smallest absolute Gasteiger partial charge is 0.238 e. The highest BCUT2D eigenvalue weighted by atomic mass is 32.2. The number of hydrogen-bond donors (Lipinski definition) is 2. The molecule has 0 saturated heterocycles. The SMILES string of the molecule is C[C@@H](Sc1nnc(NCc2ccco2)s1)C(=O)Nc1sccc1C#N. The Morgan fingerprint density at radius 2 is 2.36 bits per heavy atom. The van der Waals surface area contributed by atoms with Crippen LogP contribution in [0.5, 0.6) is 0 Å². The van der Waals surface area contributed by atoms with Crippen LogP contribution < -0.4 is 10.6 Å². The Bertz CT molecular complexity index is 881. The van der Waals surface area contributed by atoms with E-state index in [0.29, 0.717) is 26.6 Å². The minimum Gasteiger partial charge on any atom is -0.467 e. The monoisotopic (exact) mass is 391 g/mol. The van der Waals surface area contributed by atoms with Crippen LogP contribution in [-0.4, -0.2) is 21.4 Å². The summed E-state index contributed by atoms with van der Waals surface area (Å²) >= 11 is 4.02. The van der Waals surface area contributed by atoms with Crippen molar-refractivity contribution in [1.29, 1.82) is 5.26 Å². The molecule has 3 rings (SSSR count). The Labute approximate surface area is 156 Å². The quantitative estimate of drug-likeness (QED) is 0.590. The zero-order valence-corrected chi connectivity index (χ0v) is 15.5. The standard InChI is InChI=1S/C15H13N5O2S3/c1-9(12(21)18-13-10(7-16)4-6-23-13)24-15-20-19-14(25-15)17-8-11-3-2-5-22-11/h2-6,9H,8H2,1H3,(H,17,19)(H,18,21)/t9-/m1/s1. The number of rotatable bonds is 7. The molecular weight excluding hydrogens is 378 g/mol. The molecule has 25 heavy (non-hydrogen) atoms. The lowest BCUT2D eigenvalue weighted by Gasteiger charge is -2.08. The van der Waals surface area contributed by atoms with Gasteiger partial charge in [-0.3, -0.25) is 4.79 Å². The molecule has 1 atom stereocenters. The van der Waals surface area contributed by atoms with Gasteiger partial charge in [-0.05, 0) is 30.5 Å². The summed E-state index contributed by atoms with van der Waals surface area (Å²) < 4.78 is 5.93. The van der Waals surface area contributed by atoms with E-state index in [2.05, 4.69) is 26.9 Å². The van der Waals surface area contributed by atoms with Crippen LogP contribution >= 0.6 is 34.4 Å². The normalized spacial score (nSPS) is 11.7. The maximum atomic E-state index is 12.3. The summed E-state index contributed by atoms with van der Waals surface area (Å²) in [5.41, 5.74) is 0.468. The summed E-state index contributed by atoms with van der Waals surface area (Å²) in [5.74, 6) is 0.630. The third kappa shape index (κ3) is 4.60. The molecule has 10 heteroatoms. The molecule has 0 unspecified atom stereocenters. The van der Waals surface area contributed by atoms with Crippen molar-refractivity contribution in [2.75, 3.05) is 10.6 Å². The van der Waals surface area contributed by atoms with E-state index in [-0.39, 0.29) is 11.2 Å². The van der Waals surface area contributed by atoms with Crippen LogP contribution in [0.4, 0.5) is 10.1 Å². The Hall–Kier alpha value is -2.35. The van der Waals surface area contributed by atoms with Crippen LogP contribution in [-0.2, 0) is 11.3 Å². The highest BCUT2D eigenvalue weighted by Gasteiger charge is 2.19. The van der Waals surface area contributed by atoms with Gasteiger partial charge in [-0.15, -0.1) is 21.5 Å². The lowest BCUT2D eigenvalue weighted by molar-refractivity contribution is -0.115. The van der Waals surface area contributed by atoms with Gasteiger partial charge in [0, 0.05) is 0 Å². The Kier molecular flexibility index (Phi) is 5.70. The largest absolute Gasteiger partial charge is 0.467 e. The Balaban J connectivity index is 1.53.